The smallest absolute Gasteiger partial charge is 0.161 e. The minimum atomic E-state index is 0.149. The molecule has 0 unspecified atom stereocenters. The topological polar surface area (TPSA) is 108 Å². The lowest BCUT2D eigenvalue weighted by molar-refractivity contribution is 0.411. The quantitative estimate of drug-likeness (QED) is 0.223. The molecule has 0 bridgehead atoms. The lowest BCUT2D eigenvalue weighted by Crippen LogP contribution is -2.10. The van der Waals surface area contributed by atoms with Gasteiger partial charge in [0.05, 0.1) is 34.8 Å². The number of anilines is 1. The fourth-order valence-corrected chi connectivity index (χ4v) is 5.09. The molecule has 6 heterocycles. The molecule has 6 aromatic heterocycles. The van der Waals surface area contributed by atoms with Crippen LogP contribution in [0, 0.1) is 5.41 Å². The average molecular weight is 507 g/mol. The second-order valence-corrected chi connectivity index (χ2v) is 11.1. The lowest BCUT2D eigenvalue weighted by atomic mass is 9.91. The molecule has 0 saturated heterocycles. The van der Waals surface area contributed by atoms with Crippen molar-refractivity contribution in [3.05, 3.63) is 72.1 Å². The van der Waals surface area contributed by atoms with Crippen LogP contribution in [0.4, 0.5) is 5.69 Å². The summed E-state index contributed by atoms with van der Waals surface area (Å²) in [6, 6.07) is 8.05. The number of nitrogens with one attached hydrogen (secondary N) is 3. The first-order valence-corrected chi connectivity index (χ1v) is 12.9. The summed E-state index contributed by atoms with van der Waals surface area (Å²) in [5, 5.41) is 15.2. The van der Waals surface area contributed by atoms with Gasteiger partial charge in [-0.2, -0.15) is 16.4 Å². The van der Waals surface area contributed by atoms with Gasteiger partial charge >= 0.3 is 0 Å². The summed E-state index contributed by atoms with van der Waals surface area (Å²) in [5.74, 6) is 0.641. The molecule has 0 radical (unpaired) electrons. The second-order valence-electron chi connectivity index (χ2n) is 10.3. The van der Waals surface area contributed by atoms with Crippen LogP contribution < -0.4 is 5.32 Å². The fraction of sp³-hybridized carbons (Fsp3) is 0.179. The van der Waals surface area contributed by atoms with Crippen LogP contribution in [0.15, 0.2) is 72.1 Å². The number of hydrogen-bond acceptors (Lipinski definition) is 7. The highest BCUT2D eigenvalue weighted by Gasteiger charge is 2.18. The fourth-order valence-electron chi connectivity index (χ4n) is 4.44. The Labute approximate surface area is 218 Å². The Morgan fingerprint density at radius 1 is 0.973 bits per heavy atom. The van der Waals surface area contributed by atoms with Crippen molar-refractivity contribution in [1.82, 2.24) is 35.1 Å². The molecular formula is C28H26N8S. The molecule has 9 heteroatoms. The van der Waals surface area contributed by atoms with E-state index >= 15 is 0 Å². The van der Waals surface area contributed by atoms with E-state index < -0.39 is 0 Å². The van der Waals surface area contributed by atoms with E-state index in [-0.39, 0.29) is 5.41 Å². The summed E-state index contributed by atoms with van der Waals surface area (Å²) in [7, 11) is 0. The van der Waals surface area contributed by atoms with Crippen molar-refractivity contribution in [2.45, 2.75) is 27.2 Å². The van der Waals surface area contributed by atoms with E-state index in [9.17, 15) is 0 Å². The van der Waals surface area contributed by atoms with Crippen molar-refractivity contribution in [3.63, 3.8) is 0 Å². The van der Waals surface area contributed by atoms with Gasteiger partial charge in [-0.15, -0.1) is 0 Å². The molecule has 0 aromatic carbocycles. The Morgan fingerprint density at radius 3 is 2.65 bits per heavy atom. The summed E-state index contributed by atoms with van der Waals surface area (Å²) < 4.78 is 0. The Hall–Kier alpha value is -4.37. The normalized spacial score (nSPS) is 11.9. The van der Waals surface area contributed by atoms with Gasteiger partial charge in [0.25, 0.3) is 0 Å². The van der Waals surface area contributed by atoms with Crippen LogP contribution >= 0.6 is 11.3 Å². The monoisotopic (exact) mass is 506 g/mol. The molecule has 0 aliphatic carbocycles. The maximum absolute atomic E-state index is 4.95. The van der Waals surface area contributed by atoms with Crippen LogP contribution in [0.25, 0.3) is 56.0 Å². The number of rotatable bonds is 6. The third-order valence-electron chi connectivity index (χ3n) is 5.96. The van der Waals surface area contributed by atoms with Gasteiger partial charge in [0.1, 0.15) is 11.0 Å². The van der Waals surface area contributed by atoms with Crippen molar-refractivity contribution >= 4 is 39.1 Å². The Kier molecular flexibility index (Phi) is 5.57. The van der Waals surface area contributed by atoms with Crippen molar-refractivity contribution < 1.29 is 0 Å². The van der Waals surface area contributed by atoms with Crippen LogP contribution in [-0.2, 0) is 0 Å². The van der Waals surface area contributed by atoms with E-state index in [1.165, 1.54) is 0 Å². The highest BCUT2D eigenvalue weighted by Crippen LogP contribution is 2.32. The van der Waals surface area contributed by atoms with Crippen LogP contribution in [-0.4, -0.2) is 35.1 Å². The van der Waals surface area contributed by atoms with Gasteiger partial charge in [-0.3, -0.25) is 15.1 Å². The predicted octanol–water partition coefficient (Wildman–Crippen LogP) is 7.05. The molecule has 0 saturated carbocycles. The van der Waals surface area contributed by atoms with Gasteiger partial charge in [0.15, 0.2) is 11.5 Å². The van der Waals surface area contributed by atoms with E-state index in [1.807, 2.05) is 36.0 Å². The zero-order valence-electron chi connectivity index (χ0n) is 20.8. The molecule has 0 aliphatic rings. The Bertz CT molecular complexity index is 1740. The number of aromatic nitrogens is 7. The minimum Gasteiger partial charge on any atom is -0.358 e. The number of H-pyrrole nitrogens is 2. The molecule has 6 rings (SSSR count). The molecule has 184 valence electrons. The Morgan fingerprint density at radius 2 is 1.84 bits per heavy atom. The SMILES string of the molecule is C=C(CC(C)(C)C)Nc1cncc(-c2ccc3[nH]nc(-c4nc5c(-c6ccsc6)cncc5[nH]4)c3n2)c1. The first-order chi connectivity index (χ1) is 17.8. The van der Waals surface area contributed by atoms with Crippen molar-refractivity contribution in [2.24, 2.45) is 5.41 Å². The number of fused-ring (bicyclic) bond motifs is 2. The number of imidazole rings is 1. The number of thiophene rings is 1. The molecule has 0 atom stereocenters. The number of hydrogen-bond donors (Lipinski definition) is 3. The zero-order chi connectivity index (χ0) is 25.6. The third kappa shape index (κ3) is 4.61. The number of allylic oxidation sites excluding steroid dienone is 1. The molecule has 8 nitrogen and oxygen atoms in total. The number of nitrogens with zero attached hydrogens (tertiary/aromatic N) is 5. The molecule has 37 heavy (non-hydrogen) atoms. The van der Waals surface area contributed by atoms with E-state index in [4.69, 9.17) is 9.97 Å². The van der Waals surface area contributed by atoms with Gasteiger partial charge < -0.3 is 10.3 Å². The molecular weight excluding hydrogens is 480 g/mol. The summed E-state index contributed by atoms with van der Waals surface area (Å²) in [6.07, 6.45) is 8.10. The van der Waals surface area contributed by atoms with E-state index in [1.54, 1.807) is 23.7 Å². The molecule has 0 aliphatic heterocycles. The van der Waals surface area contributed by atoms with Crippen LogP contribution in [0.3, 0.4) is 0 Å². The molecule has 6 aromatic rings. The second kappa shape index (κ2) is 8.94. The first-order valence-electron chi connectivity index (χ1n) is 12.0. The third-order valence-corrected chi connectivity index (χ3v) is 6.64. The predicted molar refractivity (Wildman–Crippen MR) is 150 cm³/mol. The van der Waals surface area contributed by atoms with Crippen molar-refractivity contribution in [1.29, 1.82) is 0 Å². The Balaban J connectivity index is 1.36. The van der Waals surface area contributed by atoms with Crippen molar-refractivity contribution in [3.8, 4) is 33.9 Å². The average Bonchev–Trinajstić information content (AvgIpc) is 3.61. The highest BCUT2D eigenvalue weighted by atomic mass is 32.1. The molecule has 0 spiro atoms. The molecule has 0 fully saturated rings. The zero-order valence-corrected chi connectivity index (χ0v) is 21.6. The van der Waals surface area contributed by atoms with Gasteiger partial charge in [0, 0.05) is 29.2 Å². The van der Waals surface area contributed by atoms with Gasteiger partial charge in [-0.25, -0.2) is 9.97 Å². The maximum Gasteiger partial charge on any atom is 0.161 e. The largest absolute Gasteiger partial charge is 0.358 e. The van der Waals surface area contributed by atoms with Crippen LogP contribution in [0.5, 0.6) is 0 Å². The van der Waals surface area contributed by atoms with E-state index in [0.717, 1.165) is 62.3 Å². The number of aromatic amines is 2. The number of pyridine rings is 3. The summed E-state index contributed by atoms with van der Waals surface area (Å²) in [4.78, 5) is 22.0. The standard InChI is InChI=1S/C28H26N8S/c1-16(10-28(2,3)4)31-19-9-18(11-29-12-19)21-5-6-22-25(32-21)26(36-35-22)27-33-23-14-30-13-20(24(23)34-27)17-7-8-37-15-17/h5-9,11-15,31H,1,10H2,2-4H3,(H,33,34)(H,35,36). The minimum absolute atomic E-state index is 0.149. The summed E-state index contributed by atoms with van der Waals surface area (Å²) >= 11 is 1.65. The van der Waals surface area contributed by atoms with E-state index in [2.05, 4.69) is 69.3 Å². The lowest BCUT2D eigenvalue weighted by Gasteiger charge is -2.20. The highest BCUT2D eigenvalue weighted by molar-refractivity contribution is 7.08. The summed E-state index contributed by atoms with van der Waals surface area (Å²) in [5.41, 5.74) is 9.69. The van der Waals surface area contributed by atoms with Gasteiger partial charge in [0.2, 0.25) is 0 Å². The van der Waals surface area contributed by atoms with Crippen molar-refractivity contribution in [2.75, 3.05) is 5.32 Å². The summed E-state index contributed by atoms with van der Waals surface area (Å²) in [6.45, 7) is 10.8. The van der Waals surface area contributed by atoms with Gasteiger partial charge in [-0.1, -0.05) is 27.4 Å². The first kappa shape index (κ1) is 23.1. The van der Waals surface area contributed by atoms with Gasteiger partial charge in [-0.05, 0) is 52.4 Å². The maximum atomic E-state index is 4.95. The van der Waals surface area contributed by atoms with Crippen LogP contribution in [0.1, 0.15) is 27.2 Å². The molecule has 3 N–H and O–H groups in total. The molecule has 0 amide bonds. The van der Waals surface area contributed by atoms with E-state index in [0.29, 0.717) is 11.5 Å². The van der Waals surface area contributed by atoms with Crippen LogP contribution in [0.2, 0.25) is 0 Å².